The van der Waals surface area contributed by atoms with E-state index in [0.29, 0.717) is 23.7 Å². The van der Waals surface area contributed by atoms with Crippen LogP contribution in [0.15, 0.2) is 53.3 Å². The molecule has 0 saturated heterocycles. The van der Waals surface area contributed by atoms with Crippen molar-refractivity contribution >= 4 is 23.4 Å². The number of aromatic amines is 1. The molecule has 0 unspecified atom stereocenters. The second kappa shape index (κ2) is 7.63. The minimum Gasteiger partial charge on any atom is -0.497 e. The van der Waals surface area contributed by atoms with Gasteiger partial charge in [0.05, 0.1) is 18.2 Å². The van der Waals surface area contributed by atoms with Crippen molar-refractivity contribution in [1.29, 1.82) is 0 Å². The van der Waals surface area contributed by atoms with Crippen molar-refractivity contribution in [3.8, 4) is 5.75 Å². The van der Waals surface area contributed by atoms with Crippen LogP contribution in [-0.2, 0) is 6.42 Å². The highest BCUT2D eigenvalue weighted by atomic mass is 16.5. The van der Waals surface area contributed by atoms with Crippen LogP contribution < -0.4 is 20.9 Å². The first-order valence-electron chi connectivity index (χ1n) is 8.97. The summed E-state index contributed by atoms with van der Waals surface area (Å²) in [6, 6.07) is 12.7. The van der Waals surface area contributed by atoms with Crippen molar-refractivity contribution in [2.75, 3.05) is 12.4 Å². The Morgan fingerprint density at radius 2 is 1.73 bits per heavy atom. The van der Waals surface area contributed by atoms with E-state index in [1.54, 1.807) is 19.2 Å². The number of fused-ring (bicyclic) bond motifs is 1. The maximum Gasteiger partial charge on any atom is 0.274 e. The van der Waals surface area contributed by atoms with Gasteiger partial charge in [0.15, 0.2) is 0 Å². The van der Waals surface area contributed by atoms with E-state index in [2.05, 4.69) is 20.6 Å². The Labute approximate surface area is 170 Å². The Hall–Kier alpha value is -4.27. The minimum absolute atomic E-state index is 0.0664. The Kier molecular flexibility index (Phi) is 4.85. The fourth-order valence-corrected chi connectivity index (χ4v) is 3.09. The van der Waals surface area contributed by atoms with Gasteiger partial charge in [-0.2, -0.15) is 0 Å². The number of hydrogen-bond donors (Lipinski definition) is 3. The molecule has 1 aromatic heterocycles. The van der Waals surface area contributed by atoms with Gasteiger partial charge in [-0.1, -0.05) is 12.1 Å². The average Bonchev–Trinajstić information content (AvgIpc) is 3.01. The van der Waals surface area contributed by atoms with Crippen molar-refractivity contribution < 1.29 is 19.1 Å². The number of nitrogens with zero attached hydrogens (tertiary/aromatic N) is 1. The van der Waals surface area contributed by atoms with Crippen LogP contribution in [0.4, 0.5) is 5.69 Å². The summed E-state index contributed by atoms with van der Waals surface area (Å²) >= 11 is 0. The SMILES string of the molecule is COc1ccc(Cc2nc(C(=O)Nc3ccc4c(c3)C(=O)NC4=O)cc(=O)[nH]2)cc1. The van der Waals surface area contributed by atoms with Crippen LogP contribution >= 0.6 is 0 Å². The lowest BCUT2D eigenvalue weighted by molar-refractivity contribution is 0.0878. The molecule has 2 heterocycles. The lowest BCUT2D eigenvalue weighted by atomic mass is 10.1. The highest BCUT2D eigenvalue weighted by molar-refractivity contribution is 6.22. The number of H-pyrrole nitrogens is 1. The van der Waals surface area contributed by atoms with Crippen LogP contribution in [-0.4, -0.2) is 34.8 Å². The zero-order valence-corrected chi connectivity index (χ0v) is 15.8. The van der Waals surface area contributed by atoms with E-state index in [1.807, 2.05) is 12.1 Å². The third-order valence-electron chi connectivity index (χ3n) is 4.55. The zero-order valence-electron chi connectivity index (χ0n) is 15.8. The van der Waals surface area contributed by atoms with Crippen molar-refractivity contribution in [1.82, 2.24) is 15.3 Å². The van der Waals surface area contributed by atoms with Crippen LogP contribution in [0.5, 0.6) is 5.75 Å². The summed E-state index contributed by atoms with van der Waals surface area (Å²) in [6.45, 7) is 0. The van der Waals surface area contributed by atoms with Gasteiger partial charge in [-0.25, -0.2) is 4.98 Å². The van der Waals surface area contributed by atoms with Crippen LogP contribution in [0.3, 0.4) is 0 Å². The van der Waals surface area contributed by atoms with E-state index in [0.717, 1.165) is 11.6 Å². The number of aromatic nitrogens is 2. The van der Waals surface area contributed by atoms with E-state index in [9.17, 15) is 19.2 Å². The summed E-state index contributed by atoms with van der Waals surface area (Å²) in [5, 5.41) is 4.78. The van der Waals surface area contributed by atoms with Crippen LogP contribution in [0.25, 0.3) is 0 Å². The number of nitrogens with one attached hydrogen (secondary N) is 3. The van der Waals surface area contributed by atoms with Crippen LogP contribution in [0.2, 0.25) is 0 Å². The lowest BCUT2D eigenvalue weighted by Crippen LogP contribution is -2.21. The molecular weight excluding hydrogens is 388 g/mol. The van der Waals surface area contributed by atoms with E-state index in [1.165, 1.54) is 18.2 Å². The molecule has 4 rings (SSSR count). The average molecular weight is 404 g/mol. The molecule has 0 atom stereocenters. The summed E-state index contributed by atoms with van der Waals surface area (Å²) in [5.74, 6) is -0.578. The second-order valence-electron chi connectivity index (χ2n) is 6.60. The van der Waals surface area contributed by atoms with Crippen molar-refractivity contribution in [2.45, 2.75) is 6.42 Å². The molecular formula is C21H16N4O5. The van der Waals surface area contributed by atoms with E-state index in [-0.39, 0.29) is 16.8 Å². The molecule has 0 saturated carbocycles. The van der Waals surface area contributed by atoms with Crippen LogP contribution in [0, 0.1) is 0 Å². The third kappa shape index (κ3) is 3.81. The van der Waals surface area contributed by atoms with Gasteiger partial charge in [0.25, 0.3) is 23.3 Å². The lowest BCUT2D eigenvalue weighted by Gasteiger charge is -2.08. The summed E-state index contributed by atoms with van der Waals surface area (Å²) < 4.78 is 5.12. The van der Waals surface area contributed by atoms with Gasteiger partial charge >= 0.3 is 0 Å². The van der Waals surface area contributed by atoms with Gasteiger partial charge in [-0.15, -0.1) is 0 Å². The van der Waals surface area contributed by atoms with Crippen LogP contribution in [0.1, 0.15) is 42.6 Å². The van der Waals surface area contributed by atoms with Gasteiger partial charge in [0, 0.05) is 18.2 Å². The molecule has 3 N–H and O–H groups in total. The second-order valence-corrected chi connectivity index (χ2v) is 6.60. The molecule has 1 aliphatic rings. The molecule has 1 aliphatic heterocycles. The molecule has 0 fully saturated rings. The largest absolute Gasteiger partial charge is 0.497 e. The van der Waals surface area contributed by atoms with Gasteiger partial charge in [0.2, 0.25) is 0 Å². The predicted octanol–water partition coefficient (Wildman–Crippen LogP) is 1.51. The summed E-state index contributed by atoms with van der Waals surface area (Å²) in [7, 11) is 1.57. The number of carbonyl (C=O) groups is 3. The predicted molar refractivity (Wildman–Crippen MR) is 107 cm³/mol. The molecule has 9 heteroatoms. The van der Waals surface area contributed by atoms with Gasteiger partial charge in [-0.05, 0) is 35.9 Å². The smallest absolute Gasteiger partial charge is 0.274 e. The molecule has 3 aromatic rings. The summed E-state index contributed by atoms with van der Waals surface area (Å²) in [5.41, 5.74) is 1.08. The molecule has 9 nitrogen and oxygen atoms in total. The number of amides is 3. The molecule has 0 radical (unpaired) electrons. The Balaban J connectivity index is 1.54. The quantitative estimate of drug-likeness (QED) is 0.553. The number of methoxy groups -OCH3 is 1. The summed E-state index contributed by atoms with van der Waals surface area (Å²) in [6.07, 6.45) is 0.321. The van der Waals surface area contributed by atoms with Gasteiger partial charge in [0.1, 0.15) is 17.3 Å². The molecule has 30 heavy (non-hydrogen) atoms. The first kappa shape index (κ1) is 19.1. The Bertz CT molecular complexity index is 1230. The Morgan fingerprint density at radius 1 is 1.00 bits per heavy atom. The highest BCUT2D eigenvalue weighted by Gasteiger charge is 2.27. The topological polar surface area (TPSA) is 130 Å². The normalized spacial score (nSPS) is 12.3. The van der Waals surface area contributed by atoms with Crippen molar-refractivity contribution in [2.24, 2.45) is 0 Å². The number of imide groups is 1. The van der Waals surface area contributed by atoms with Crippen molar-refractivity contribution in [3.05, 3.63) is 87.1 Å². The molecule has 0 aliphatic carbocycles. The zero-order chi connectivity index (χ0) is 21.3. The Morgan fingerprint density at radius 3 is 2.47 bits per heavy atom. The third-order valence-corrected chi connectivity index (χ3v) is 4.55. The monoisotopic (exact) mass is 404 g/mol. The standard InChI is InChI=1S/C21H16N4O5/c1-30-13-5-2-11(3-6-13)8-17-23-16(10-18(26)24-17)21(29)22-12-4-7-14-15(9-12)20(28)25-19(14)27/h2-7,9-10H,8H2,1H3,(H,22,29)(H,23,24,26)(H,25,27,28). The van der Waals surface area contributed by atoms with E-state index < -0.39 is 23.3 Å². The van der Waals surface area contributed by atoms with E-state index >= 15 is 0 Å². The molecule has 3 amide bonds. The molecule has 2 aromatic carbocycles. The summed E-state index contributed by atoms with van der Waals surface area (Å²) in [4.78, 5) is 54.8. The van der Waals surface area contributed by atoms with Gasteiger partial charge in [-0.3, -0.25) is 24.5 Å². The first-order valence-corrected chi connectivity index (χ1v) is 8.97. The number of benzene rings is 2. The number of rotatable bonds is 5. The number of carbonyl (C=O) groups excluding carboxylic acids is 3. The number of ether oxygens (including phenoxy) is 1. The van der Waals surface area contributed by atoms with Crippen molar-refractivity contribution in [3.63, 3.8) is 0 Å². The number of anilines is 1. The fourth-order valence-electron chi connectivity index (χ4n) is 3.09. The van der Waals surface area contributed by atoms with E-state index in [4.69, 9.17) is 4.74 Å². The molecule has 0 spiro atoms. The number of hydrogen-bond acceptors (Lipinski definition) is 6. The molecule has 0 bridgehead atoms. The van der Waals surface area contributed by atoms with Gasteiger partial charge < -0.3 is 15.0 Å². The maximum atomic E-state index is 12.6. The highest BCUT2D eigenvalue weighted by Crippen LogP contribution is 2.20. The fraction of sp³-hybridized carbons (Fsp3) is 0.0952. The minimum atomic E-state index is -0.609. The maximum absolute atomic E-state index is 12.6. The molecule has 150 valence electrons. The first-order chi connectivity index (χ1) is 14.4.